The van der Waals surface area contributed by atoms with Crippen LogP contribution in [-0.4, -0.2) is 19.0 Å². The minimum absolute atomic E-state index is 0.0580. The number of nitrogens with one attached hydrogen (secondary N) is 2. The normalized spacial score (nSPS) is 14.5. The zero-order valence-electron chi connectivity index (χ0n) is 9.30. The van der Waals surface area contributed by atoms with Crippen LogP contribution >= 0.6 is 38.5 Å². The molecule has 0 atom stereocenters. The van der Waals surface area contributed by atoms with Crippen LogP contribution in [0.25, 0.3) is 0 Å². The Bertz CT molecular complexity index is 421. The lowest BCUT2D eigenvalue weighted by Gasteiger charge is -2.09. The van der Waals surface area contributed by atoms with Crippen molar-refractivity contribution in [2.24, 2.45) is 5.92 Å². The maximum atomic E-state index is 11.6. The third kappa shape index (κ3) is 4.46. The number of hydrogen-bond donors (Lipinski definition) is 2. The smallest absolute Gasteiger partial charge is 0.239 e. The van der Waals surface area contributed by atoms with Gasteiger partial charge in [-0.3, -0.25) is 4.79 Å². The first-order valence-corrected chi connectivity index (χ1v) is 7.48. The molecule has 1 aliphatic rings. The summed E-state index contributed by atoms with van der Waals surface area (Å²) in [6, 6.07) is 6.01. The molecular formula is C12H14BrIN2O. The van der Waals surface area contributed by atoms with Crippen molar-refractivity contribution in [1.29, 1.82) is 0 Å². The van der Waals surface area contributed by atoms with Gasteiger partial charge in [0.2, 0.25) is 5.91 Å². The van der Waals surface area contributed by atoms with Crippen LogP contribution in [0, 0.1) is 9.49 Å². The van der Waals surface area contributed by atoms with E-state index >= 15 is 0 Å². The van der Waals surface area contributed by atoms with Crippen molar-refractivity contribution in [3.05, 3.63) is 26.2 Å². The molecule has 5 heteroatoms. The van der Waals surface area contributed by atoms with Gasteiger partial charge in [0.15, 0.2) is 0 Å². The van der Waals surface area contributed by atoms with Gasteiger partial charge in [-0.15, -0.1) is 0 Å². The van der Waals surface area contributed by atoms with E-state index in [1.165, 1.54) is 12.8 Å². The molecule has 1 aromatic carbocycles. The fraction of sp³-hybridized carbons (Fsp3) is 0.417. The molecule has 3 nitrogen and oxygen atoms in total. The van der Waals surface area contributed by atoms with Crippen molar-refractivity contribution in [3.63, 3.8) is 0 Å². The van der Waals surface area contributed by atoms with Crippen LogP contribution < -0.4 is 10.6 Å². The van der Waals surface area contributed by atoms with E-state index < -0.39 is 0 Å². The summed E-state index contributed by atoms with van der Waals surface area (Å²) >= 11 is 5.71. The molecule has 0 radical (unpaired) electrons. The van der Waals surface area contributed by atoms with Gasteiger partial charge in [-0.25, -0.2) is 0 Å². The van der Waals surface area contributed by atoms with Crippen molar-refractivity contribution in [1.82, 2.24) is 5.32 Å². The standard InChI is InChI=1S/C12H14BrIN2O/c13-10-4-3-9(14)5-11(10)15-7-12(17)16-6-8-1-2-8/h3-5,8,15H,1-2,6-7H2,(H,16,17). The van der Waals surface area contributed by atoms with E-state index in [2.05, 4.69) is 49.2 Å². The number of amides is 1. The molecule has 1 saturated carbocycles. The maximum Gasteiger partial charge on any atom is 0.239 e. The Labute approximate surface area is 123 Å². The van der Waals surface area contributed by atoms with Crippen LogP contribution in [0.15, 0.2) is 22.7 Å². The Hall–Kier alpha value is -0.300. The first-order chi connectivity index (χ1) is 8.15. The minimum Gasteiger partial charge on any atom is -0.375 e. The van der Waals surface area contributed by atoms with E-state index in [4.69, 9.17) is 0 Å². The molecular weight excluding hydrogens is 395 g/mol. The average molecular weight is 409 g/mol. The van der Waals surface area contributed by atoms with Crippen molar-refractivity contribution in [3.8, 4) is 0 Å². The molecule has 2 rings (SSSR count). The van der Waals surface area contributed by atoms with Crippen LogP contribution in [0.1, 0.15) is 12.8 Å². The molecule has 0 bridgehead atoms. The second kappa shape index (κ2) is 6.04. The van der Waals surface area contributed by atoms with Gasteiger partial charge in [0.25, 0.3) is 0 Å². The number of carbonyl (C=O) groups excluding carboxylic acids is 1. The van der Waals surface area contributed by atoms with Crippen molar-refractivity contribution < 1.29 is 4.79 Å². The van der Waals surface area contributed by atoms with Crippen molar-refractivity contribution >= 4 is 50.1 Å². The van der Waals surface area contributed by atoms with E-state index in [-0.39, 0.29) is 5.91 Å². The molecule has 0 heterocycles. The molecule has 0 saturated heterocycles. The third-order valence-corrected chi connectivity index (χ3v) is 4.02. The topological polar surface area (TPSA) is 41.1 Å². The molecule has 2 N–H and O–H groups in total. The van der Waals surface area contributed by atoms with Gasteiger partial charge in [0.1, 0.15) is 0 Å². The van der Waals surface area contributed by atoms with Gasteiger partial charge in [-0.2, -0.15) is 0 Å². The summed E-state index contributed by atoms with van der Waals surface area (Å²) in [5.74, 6) is 0.783. The Kier molecular flexibility index (Phi) is 4.67. The number of rotatable bonds is 5. The van der Waals surface area contributed by atoms with Gasteiger partial charge in [-0.1, -0.05) is 0 Å². The Morgan fingerprint density at radius 3 is 2.94 bits per heavy atom. The molecule has 0 aliphatic heterocycles. The third-order valence-electron chi connectivity index (χ3n) is 2.65. The fourth-order valence-corrected chi connectivity index (χ4v) is 2.33. The summed E-state index contributed by atoms with van der Waals surface area (Å²) in [6.07, 6.45) is 2.52. The number of anilines is 1. The zero-order valence-corrected chi connectivity index (χ0v) is 13.0. The molecule has 1 amide bonds. The molecule has 1 aromatic rings. The Morgan fingerprint density at radius 2 is 2.24 bits per heavy atom. The van der Waals surface area contributed by atoms with E-state index in [9.17, 15) is 4.79 Å². The summed E-state index contributed by atoms with van der Waals surface area (Å²) in [5, 5.41) is 6.06. The molecule has 17 heavy (non-hydrogen) atoms. The molecule has 0 aromatic heterocycles. The predicted octanol–water partition coefficient (Wildman–Crippen LogP) is 2.99. The Morgan fingerprint density at radius 1 is 1.47 bits per heavy atom. The summed E-state index contributed by atoms with van der Waals surface area (Å²) in [5.41, 5.74) is 0.957. The van der Waals surface area contributed by atoms with E-state index in [0.717, 1.165) is 26.2 Å². The van der Waals surface area contributed by atoms with Crippen LogP contribution in [0.5, 0.6) is 0 Å². The van der Waals surface area contributed by atoms with Gasteiger partial charge in [0.05, 0.1) is 6.54 Å². The van der Waals surface area contributed by atoms with Gasteiger partial charge in [-0.05, 0) is 75.5 Å². The predicted molar refractivity (Wildman–Crippen MR) is 81.1 cm³/mol. The van der Waals surface area contributed by atoms with Crippen molar-refractivity contribution in [2.45, 2.75) is 12.8 Å². The second-order valence-corrected chi connectivity index (χ2v) is 6.33. The van der Waals surface area contributed by atoms with Crippen LogP contribution in [0.3, 0.4) is 0 Å². The summed E-state index contributed by atoms with van der Waals surface area (Å²) in [6.45, 7) is 1.15. The highest BCUT2D eigenvalue weighted by Gasteiger charge is 2.21. The first kappa shape index (κ1) is 13.1. The number of halogens is 2. The molecule has 0 unspecified atom stereocenters. The number of hydrogen-bond acceptors (Lipinski definition) is 2. The Balaban J connectivity index is 1.79. The number of benzene rings is 1. The lowest BCUT2D eigenvalue weighted by atomic mass is 10.3. The summed E-state index contributed by atoms with van der Waals surface area (Å²) in [4.78, 5) is 11.6. The molecule has 92 valence electrons. The lowest BCUT2D eigenvalue weighted by molar-refractivity contribution is -0.119. The summed E-state index contributed by atoms with van der Waals surface area (Å²) in [7, 11) is 0. The van der Waals surface area contributed by atoms with Crippen LogP contribution in [-0.2, 0) is 4.79 Å². The highest BCUT2D eigenvalue weighted by atomic mass is 127. The lowest BCUT2D eigenvalue weighted by Crippen LogP contribution is -2.31. The monoisotopic (exact) mass is 408 g/mol. The quantitative estimate of drug-likeness (QED) is 0.735. The SMILES string of the molecule is O=C(CNc1cc(I)ccc1Br)NCC1CC1. The van der Waals surface area contributed by atoms with Gasteiger partial charge >= 0.3 is 0 Å². The summed E-state index contributed by atoms with van der Waals surface area (Å²) < 4.78 is 2.12. The fourth-order valence-electron chi connectivity index (χ4n) is 1.45. The largest absolute Gasteiger partial charge is 0.375 e. The second-order valence-electron chi connectivity index (χ2n) is 4.23. The minimum atomic E-state index is 0.0580. The average Bonchev–Trinajstić information content (AvgIpc) is 3.11. The van der Waals surface area contributed by atoms with Gasteiger partial charge in [0, 0.05) is 20.3 Å². The zero-order chi connectivity index (χ0) is 12.3. The number of carbonyl (C=O) groups is 1. The van der Waals surface area contributed by atoms with Crippen LogP contribution in [0.4, 0.5) is 5.69 Å². The van der Waals surface area contributed by atoms with E-state index in [1.807, 2.05) is 18.2 Å². The molecule has 1 aliphatic carbocycles. The van der Waals surface area contributed by atoms with E-state index in [1.54, 1.807) is 0 Å². The van der Waals surface area contributed by atoms with Gasteiger partial charge < -0.3 is 10.6 Å². The molecule has 0 spiro atoms. The highest BCUT2D eigenvalue weighted by molar-refractivity contribution is 14.1. The first-order valence-electron chi connectivity index (χ1n) is 5.61. The van der Waals surface area contributed by atoms with Crippen LogP contribution in [0.2, 0.25) is 0 Å². The van der Waals surface area contributed by atoms with E-state index in [0.29, 0.717) is 6.54 Å². The highest BCUT2D eigenvalue weighted by Crippen LogP contribution is 2.27. The molecule has 1 fully saturated rings. The maximum absolute atomic E-state index is 11.6. The van der Waals surface area contributed by atoms with Crippen molar-refractivity contribution in [2.75, 3.05) is 18.4 Å².